The lowest BCUT2D eigenvalue weighted by atomic mass is 10.0. The summed E-state index contributed by atoms with van der Waals surface area (Å²) >= 11 is 0. The Balaban J connectivity index is 2.99. The fraction of sp³-hybridized carbons (Fsp3) is 0.500. The Hall–Kier alpha value is -0.980. The normalized spacial score (nSPS) is 10.6. The molecule has 0 saturated heterocycles. The smallest absolute Gasteiger partial charge is 0.0347 e. The highest BCUT2D eigenvalue weighted by Gasteiger charge is 2.01. The van der Waals surface area contributed by atoms with E-state index >= 15 is 0 Å². The van der Waals surface area contributed by atoms with Gasteiger partial charge in [-0.05, 0) is 63.4 Å². The molecular weight excluding hydrogens is 158 g/mol. The topological polar surface area (TPSA) is 12.0 Å². The van der Waals surface area contributed by atoms with Gasteiger partial charge in [-0.3, -0.25) is 0 Å². The summed E-state index contributed by atoms with van der Waals surface area (Å²) in [5.74, 6) is 0. The molecule has 13 heavy (non-hydrogen) atoms. The van der Waals surface area contributed by atoms with Crippen LogP contribution in [0.1, 0.15) is 30.5 Å². The predicted octanol–water partition coefficient (Wildman–Crippen LogP) is 3.43. The van der Waals surface area contributed by atoms with E-state index in [1.54, 1.807) is 0 Å². The summed E-state index contributed by atoms with van der Waals surface area (Å²) in [5, 5.41) is 3.41. The monoisotopic (exact) mass is 177 g/mol. The average molecular weight is 177 g/mol. The number of aryl methyl sites for hydroxylation is 2. The van der Waals surface area contributed by atoms with Crippen molar-refractivity contribution in [2.24, 2.45) is 0 Å². The van der Waals surface area contributed by atoms with E-state index in [1.807, 2.05) is 0 Å². The van der Waals surface area contributed by atoms with Crippen molar-refractivity contribution in [2.75, 3.05) is 5.32 Å². The first-order valence-corrected chi connectivity index (χ1v) is 4.85. The van der Waals surface area contributed by atoms with E-state index in [9.17, 15) is 0 Å². The first-order chi connectivity index (χ1) is 6.00. The summed E-state index contributed by atoms with van der Waals surface area (Å²) in [6.07, 6.45) is 0. The number of hydrogen-bond donors (Lipinski definition) is 1. The predicted molar refractivity (Wildman–Crippen MR) is 59.4 cm³/mol. The third-order valence-electron chi connectivity index (χ3n) is 2.38. The highest BCUT2D eigenvalue weighted by molar-refractivity contribution is 5.52. The maximum atomic E-state index is 3.41. The van der Waals surface area contributed by atoms with Gasteiger partial charge in [-0.25, -0.2) is 0 Å². The molecule has 0 aliphatic rings. The molecule has 1 N–H and O–H groups in total. The van der Waals surface area contributed by atoms with E-state index in [0.29, 0.717) is 6.04 Å². The van der Waals surface area contributed by atoms with Crippen LogP contribution in [0.3, 0.4) is 0 Å². The van der Waals surface area contributed by atoms with Crippen LogP contribution < -0.4 is 5.32 Å². The molecular formula is C12H19N. The number of hydrogen-bond acceptors (Lipinski definition) is 1. The van der Waals surface area contributed by atoms with Crippen LogP contribution in [0.5, 0.6) is 0 Å². The molecule has 1 aromatic rings. The van der Waals surface area contributed by atoms with Gasteiger partial charge in [0.2, 0.25) is 0 Å². The summed E-state index contributed by atoms with van der Waals surface area (Å²) in [5.41, 5.74) is 5.36. The minimum Gasteiger partial charge on any atom is -0.383 e. The van der Waals surface area contributed by atoms with Crippen molar-refractivity contribution in [1.82, 2.24) is 0 Å². The first kappa shape index (κ1) is 10.1. The number of anilines is 1. The van der Waals surface area contributed by atoms with Crippen molar-refractivity contribution in [3.8, 4) is 0 Å². The molecule has 0 atom stereocenters. The van der Waals surface area contributed by atoms with Crippen LogP contribution in [0.4, 0.5) is 5.69 Å². The lowest BCUT2D eigenvalue weighted by Gasteiger charge is -2.13. The molecule has 0 radical (unpaired) electrons. The third-order valence-corrected chi connectivity index (χ3v) is 2.38. The van der Waals surface area contributed by atoms with Gasteiger partial charge in [0.25, 0.3) is 0 Å². The molecule has 0 saturated carbocycles. The van der Waals surface area contributed by atoms with Crippen molar-refractivity contribution in [1.29, 1.82) is 0 Å². The molecule has 0 aromatic heterocycles. The second kappa shape index (κ2) is 3.82. The lowest BCUT2D eigenvalue weighted by Crippen LogP contribution is -2.10. The number of benzene rings is 1. The van der Waals surface area contributed by atoms with Gasteiger partial charge >= 0.3 is 0 Å². The summed E-state index contributed by atoms with van der Waals surface area (Å²) in [6.45, 7) is 10.8. The Kier molecular flexibility index (Phi) is 2.97. The van der Waals surface area contributed by atoms with E-state index in [1.165, 1.54) is 22.4 Å². The zero-order chi connectivity index (χ0) is 10.0. The van der Waals surface area contributed by atoms with Gasteiger partial charge in [0, 0.05) is 11.7 Å². The van der Waals surface area contributed by atoms with E-state index < -0.39 is 0 Å². The van der Waals surface area contributed by atoms with Crippen LogP contribution in [-0.4, -0.2) is 6.04 Å². The van der Waals surface area contributed by atoms with Crippen LogP contribution in [0.25, 0.3) is 0 Å². The highest BCUT2D eigenvalue weighted by atomic mass is 14.9. The zero-order valence-corrected chi connectivity index (χ0v) is 9.23. The summed E-state index contributed by atoms with van der Waals surface area (Å²) in [7, 11) is 0. The van der Waals surface area contributed by atoms with Gasteiger partial charge in [0.05, 0.1) is 0 Å². The van der Waals surface area contributed by atoms with Crippen molar-refractivity contribution in [2.45, 2.75) is 40.7 Å². The molecule has 0 spiro atoms. The molecule has 0 aliphatic heterocycles. The number of nitrogens with one attached hydrogen (secondary N) is 1. The molecule has 1 rings (SSSR count). The van der Waals surface area contributed by atoms with Crippen molar-refractivity contribution in [3.05, 3.63) is 28.8 Å². The largest absolute Gasteiger partial charge is 0.383 e. The molecule has 1 heteroatoms. The molecule has 72 valence electrons. The Morgan fingerprint density at radius 1 is 1.00 bits per heavy atom. The maximum Gasteiger partial charge on any atom is 0.0347 e. The minimum absolute atomic E-state index is 0.501. The van der Waals surface area contributed by atoms with E-state index in [-0.39, 0.29) is 0 Å². The van der Waals surface area contributed by atoms with Crippen LogP contribution in [0.15, 0.2) is 12.1 Å². The van der Waals surface area contributed by atoms with Gasteiger partial charge in [-0.15, -0.1) is 0 Å². The van der Waals surface area contributed by atoms with Crippen LogP contribution in [-0.2, 0) is 0 Å². The summed E-state index contributed by atoms with van der Waals surface area (Å²) in [6, 6.07) is 4.92. The highest BCUT2D eigenvalue weighted by Crippen LogP contribution is 2.19. The Bertz CT molecular complexity index is 277. The molecule has 1 nitrogen and oxygen atoms in total. The van der Waals surface area contributed by atoms with Crippen molar-refractivity contribution < 1.29 is 0 Å². The maximum absolute atomic E-state index is 3.41. The summed E-state index contributed by atoms with van der Waals surface area (Å²) < 4.78 is 0. The van der Waals surface area contributed by atoms with Gasteiger partial charge < -0.3 is 5.32 Å². The van der Waals surface area contributed by atoms with E-state index in [0.717, 1.165) is 0 Å². The molecule has 0 fully saturated rings. The van der Waals surface area contributed by atoms with Gasteiger partial charge in [0.1, 0.15) is 0 Å². The van der Waals surface area contributed by atoms with Crippen molar-refractivity contribution in [3.63, 3.8) is 0 Å². The Morgan fingerprint density at radius 3 is 1.85 bits per heavy atom. The fourth-order valence-electron chi connectivity index (χ4n) is 1.45. The molecule has 0 heterocycles. The third kappa shape index (κ3) is 2.48. The first-order valence-electron chi connectivity index (χ1n) is 4.85. The molecule has 0 aliphatic carbocycles. The van der Waals surface area contributed by atoms with Crippen LogP contribution in [0, 0.1) is 20.8 Å². The van der Waals surface area contributed by atoms with Crippen molar-refractivity contribution >= 4 is 5.69 Å². The molecule has 0 amide bonds. The van der Waals surface area contributed by atoms with Crippen LogP contribution in [0.2, 0.25) is 0 Å². The molecule has 0 bridgehead atoms. The van der Waals surface area contributed by atoms with E-state index in [2.05, 4.69) is 52.1 Å². The Labute approximate surface area is 81.2 Å². The van der Waals surface area contributed by atoms with Crippen LogP contribution >= 0.6 is 0 Å². The molecule has 1 aromatic carbocycles. The van der Waals surface area contributed by atoms with Gasteiger partial charge in [-0.1, -0.05) is 0 Å². The second-order valence-corrected chi connectivity index (χ2v) is 4.03. The van der Waals surface area contributed by atoms with E-state index in [4.69, 9.17) is 0 Å². The second-order valence-electron chi connectivity index (χ2n) is 4.03. The zero-order valence-electron chi connectivity index (χ0n) is 9.23. The lowest BCUT2D eigenvalue weighted by molar-refractivity contribution is 0.898. The fourth-order valence-corrected chi connectivity index (χ4v) is 1.45. The van der Waals surface area contributed by atoms with Gasteiger partial charge in [-0.2, -0.15) is 0 Å². The number of rotatable bonds is 2. The summed E-state index contributed by atoms with van der Waals surface area (Å²) in [4.78, 5) is 0. The molecule has 0 unspecified atom stereocenters. The quantitative estimate of drug-likeness (QED) is 0.729. The Morgan fingerprint density at radius 2 is 1.46 bits per heavy atom. The minimum atomic E-state index is 0.501. The SMILES string of the molecule is Cc1cc(NC(C)C)cc(C)c1C. The van der Waals surface area contributed by atoms with Gasteiger partial charge in [0.15, 0.2) is 0 Å². The standard InChI is InChI=1S/C12H19N/c1-8(2)13-12-6-9(3)11(5)10(4)7-12/h6-8,13H,1-5H3. The average Bonchev–Trinajstić information content (AvgIpc) is 1.98.